The van der Waals surface area contributed by atoms with Crippen LogP contribution in [-0.4, -0.2) is 34.6 Å². The van der Waals surface area contributed by atoms with Crippen molar-refractivity contribution in [1.29, 1.82) is 0 Å². The van der Waals surface area contributed by atoms with Crippen LogP contribution in [0.15, 0.2) is 42.9 Å². The molecule has 6 heteroatoms. The van der Waals surface area contributed by atoms with Gasteiger partial charge in [-0.1, -0.05) is 12.1 Å². The van der Waals surface area contributed by atoms with Crippen molar-refractivity contribution in [1.82, 2.24) is 14.4 Å². The molecule has 0 fully saturated rings. The van der Waals surface area contributed by atoms with Gasteiger partial charge >= 0.3 is 0 Å². The number of rotatable bonds is 5. The molecular formula is C15H15FN4O. The number of imidazole rings is 1. The molecule has 0 saturated heterocycles. The van der Waals surface area contributed by atoms with E-state index in [-0.39, 0.29) is 5.82 Å². The molecule has 0 saturated carbocycles. The average molecular weight is 286 g/mol. The minimum Gasteiger partial charge on any atom is -0.383 e. The fourth-order valence-electron chi connectivity index (χ4n) is 2.11. The number of fused-ring (bicyclic) bond motifs is 1. The van der Waals surface area contributed by atoms with Crippen LogP contribution in [0.1, 0.15) is 0 Å². The number of ether oxygens (including phenoxy) is 1. The molecule has 2 aromatic heterocycles. The summed E-state index contributed by atoms with van der Waals surface area (Å²) in [5.74, 6) is 0.368. The highest BCUT2D eigenvalue weighted by molar-refractivity contribution is 5.69. The van der Waals surface area contributed by atoms with Crippen LogP contribution in [0, 0.1) is 5.82 Å². The van der Waals surface area contributed by atoms with Gasteiger partial charge in [-0.15, -0.1) is 0 Å². The molecule has 1 aromatic carbocycles. The molecule has 108 valence electrons. The van der Waals surface area contributed by atoms with Gasteiger partial charge in [-0.05, 0) is 12.1 Å². The lowest BCUT2D eigenvalue weighted by Gasteiger charge is -2.09. The third-order valence-electron chi connectivity index (χ3n) is 3.09. The van der Waals surface area contributed by atoms with Crippen LogP contribution in [0.3, 0.4) is 0 Å². The maximum Gasteiger partial charge on any atom is 0.180 e. The second kappa shape index (κ2) is 5.88. The molecule has 0 unspecified atom stereocenters. The molecule has 3 rings (SSSR count). The maximum atomic E-state index is 13.4. The molecule has 2 heterocycles. The molecule has 0 aliphatic carbocycles. The molecule has 21 heavy (non-hydrogen) atoms. The second-order valence-electron chi connectivity index (χ2n) is 4.56. The SMILES string of the molecule is COCCNc1nc(-c2cccc(F)c2)cn2ccnc12. The first-order chi connectivity index (χ1) is 10.3. The van der Waals surface area contributed by atoms with E-state index in [1.165, 1.54) is 12.1 Å². The highest BCUT2D eigenvalue weighted by Gasteiger charge is 2.09. The van der Waals surface area contributed by atoms with Gasteiger partial charge in [0.05, 0.1) is 12.3 Å². The summed E-state index contributed by atoms with van der Waals surface area (Å²) < 4.78 is 20.3. The second-order valence-corrected chi connectivity index (χ2v) is 4.56. The summed E-state index contributed by atoms with van der Waals surface area (Å²) in [6, 6.07) is 6.37. The van der Waals surface area contributed by atoms with Crippen LogP contribution in [0.25, 0.3) is 16.9 Å². The minimum atomic E-state index is -0.283. The first kappa shape index (κ1) is 13.5. The van der Waals surface area contributed by atoms with Gasteiger partial charge in [0.15, 0.2) is 11.5 Å². The highest BCUT2D eigenvalue weighted by Crippen LogP contribution is 2.22. The Morgan fingerprint density at radius 1 is 1.38 bits per heavy atom. The Bertz CT molecular complexity index is 756. The molecule has 0 aliphatic rings. The van der Waals surface area contributed by atoms with E-state index in [4.69, 9.17) is 4.74 Å². The van der Waals surface area contributed by atoms with Crippen LogP contribution in [0.4, 0.5) is 10.2 Å². The fraction of sp³-hybridized carbons (Fsp3) is 0.200. The zero-order valence-electron chi connectivity index (χ0n) is 11.6. The van der Waals surface area contributed by atoms with E-state index in [1.54, 1.807) is 19.4 Å². The van der Waals surface area contributed by atoms with Crippen molar-refractivity contribution in [3.63, 3.8) is 0 Å². The summed E-state index contributed by atoms with van der Waals surface area (Å²) in [7, 11) is 1.64. The van der Waals surface area contributed by atoms with Crippen LogP contribution >= 0.6 is 0 Å². The molecule has 1 N–H and O–H groups in total. The van der Waals surface area contributed by atoms with E-state index in [2.05, 4.69) is 15.3 Å². The Balaban J connectivity index is 2.03. The number of halogens is 1. The van der Waals surface area contributed by atoms with E-state index in [0.717, 1.165) is 11.2 Å². The summed E-state index contributed by atoms with van der Waals surface area (Å²) in [4.78, 5) is 8.81. The first-order valence-corrected chi connectivity index (χ1v) is 6.60. The van der Waals surface area contributed by atoms with Gasteiger partial charge in [-0.3, -0.25) is 0 Å². The minimum absolute atomic E-state index is 0.283. The topological polar surface area (TPSA) is 51.5 Å². The van der Waals surface area contributed by atoms with E-state index in [9.17, 15) is 4.39 Å². The third kappa shape index (κ3) is 2.85. The number of methoxy groups -OCH3 is 1. The molecule has 0 radical (unpaired) electrons. The standard InChI is InChI=1S/C15H15FN4O/c1-21-8-6-17-14-15-18-5-7-20(15)10-13(19-14)11-3-2-4-12(16)9-11/h2-5,7,9-10H,6,8H2,1H3,(H,17,19). The van der Waals surface area contributed by atoms with Gasteiger partial charge in [0.25, 0.3) is 0 Å². The Kier molecular flexibility index (Phi) is 3.79. The average Bonchev–Trinajstić information content (AvgIpc) is 2.96. The number of aromatic nitrogens is 3. The van der Waals surface area contributed by atoms with Crippen molar-refractivity contribution >= 4 is 11.5 Å². The molecular weight excluding hydrogens is 271 g/mol. The normalized spacial score (nSPS) is 11.0. The quantitative estimate of drug-likeness (QED) is 0.732. The lowest BCUT2D eigenvalue weighted by atomic mass is 10.1. The molecule has 5 nitrogen and oxygen atoms in total. The van der Waals surface area contributed by atoms with Gasteiger partial charge in [0.1, 0.15) is 5.82 Å². The van der Waals surface area contributed by atoms with Crippen molar-refractivity contribution in [2.24, 2.45) is 0 Å². The summed E-state index contributed by atoms with van der Waals surface area (Å²) in [5.41, 5.74) is 2.13. The molecule has 0 spiro atoms. The van der Waals surface area contributed by atoms with E-state index in [1.807, 2.05) is 22.9 Å². The number of hydrogen-bond acceptors (Lipinski definition) is 4. The molecule has 0 aliphatic heterocycles. The Morgan fingerprint density at radius 3 is 3.10 bits per heavy atom. The van der Waals surface area contributed by atoms with Gasteiger partial charge < -0.3 is 14.5 Å². The van der Waals surface area contributed by atoms with E-state index < -0.39 is 0 Å². The maximum absolute atomic E-state index is 13.4. The summed E-state index contributed by atoms with van der Waals surface area (Å²) >= 11 is 0. The van der Waals surface area contributed by atoms with Gasteiger partial charge in [-0.2, -0.15) is 0 Å². The monoisotopic (exact) mass is 286 g/mol. The number of anilines is 1. The predicted octanol–water partition coefficient (Wildman–Crippen LogP) is 2.59. The molecule has 0 amide bonds. The highest BCUT2D eigenvalue weighted by atomic mass is 19.1. The molecule has 3 aromatic rings. The molecule has 0 bridgehead atoms. The van der Waals surface area contributed by atoms with Crippen molar-refractivity contribution in [2.75, 3.05) is 25.6 Å². The van der Waals surface area contributed by atoms with Crippen molar-refractivity contribution < 1.29 is 9.13 Å². The smallest absolute Gasteiger partial charge is 0.180 e. The van der Waals surface area contributed by atoms with Crippen LogP contribution in [0.2, 0.25) is 0 Å². The lowest BCUT2D eigenvalue weighted by Crippen LogP contribution is -2.10. The summed E-state index contributed by atoms with van der Waals surface area (Å²) in [6.45, 7) is 1.19. The summed E-state index contributed by atoms with van der Waals surface area (Å²) in [6.07, 6.45) is 5.37. The third-order valence-corrected chi connectivity index (χ3v) is 3.09. The fourth-order valence-corrected chi connectivity index (χ4v) is 2.11. The van der Waals surface area contributed by atoms with Crippen molar-refractivity contribution in [3.05, 3.63) is 48.7 Å². The predicted molar refractivity (Wildman–Crippen MR) is 78.7 cm³/mol. The Labute approximate surface area is 121 Å². The van der Waals surface area contributed by atoms with Gasteiger partial charge in [-0.25, -0.2) is 14.4 Å². The number of nitrogens with one attached hydrogen (secondary N) is 1. The first-order valence-electron chi connectivity index (χ1n) is 6.60. The number of benzene rings is 1. The van der Waals surface area contributed by atoms with E-state index >= 15 is 0 Å². The van der Waals surface area contributed by atoms with Crippen LogP contribution in [-0.2, 0) is 4.74 Å². The zero-order valence-corrected chi connectivity index (χ0v) is 11.6. The zero-order chi connectivity index (χ0) is 14.7. The largest absolute Gasteiger partial charge is 0.383 e. The van der Waals surface area contributed by atoms with Crippen molar-refractivity contribution in [3.8, 4) is 11.3 Å². The summed E-state index contributed by atoms with van der Waals surface area (Å²) in [5, 5.41) is 3.19. The van der Waals surface area contributed by atoms with E-state index in [0.29, 0.717) is 24.7 Å². The number of hydrogen-bond donors (Lipinski definition) is 1. The van der Waals surface area contributed by atoms with Crippen molar-refractivity contribution in [2.45, 2.75) is 0 Å². The number of nitrogens with zero attached hydrogens (tertiary/aromatic N) is 3. The lowest BCUT2D eigenvalue weighted by molar-refractivity contribution is 0.210. The Hall–Kier alpha value is -2.47. The van der Waals surface area contributed by atoms with Gasteiger partial charge in [0, 0.05) is 37.8 Å². The molecule has 0 atom stereocenters. The van der Waals surface area contributed by atoms with Crippen LogP contribution < -0.4 is 5.32 Å². The van der Waals surface area contributed by atoms with Crippen LogP contribution in [0.5, 0.6) is 0 Å². The van der Waals surface area contributed by atoms with Gasteiger partial charge in [0.2, 0.25) is 0 Å². The Morgan fingerprint density at radius 2 is 2.29 bits per heavy atom.